The molecule has 2 N–H and O–H groups in total. The summed E-state index contributed by atoms with van der Waals surface area (Å²) in [5.74, 6) is -2.17. The number of allylic oxidation sites excluding steroid dienone is 1. The van der Waals surface area contributed by atoms with Gasteiger partial charge in [0.15, 0.2) is 11.2 Å². The van der Waals surface area contributed by atoms with Gasteiger partial charge < -0.3 is 19.7 Å². The summed E-state index contributed by atoms with van der Waals surface area (Å²) in [6.45, 7) is 7.02. The molecule has 2 aliphatic rings. The smallest absolute Gasteiger partial charge is 0.222 e. The second kappa shape index (κ2) is 7.64. The lowest BCUT2D eigenvalue weighted by Crippen LogP contribution is -2.72. The van der Waals surface area contributed by atoms with Gasteiger partial charge in [-0.2, -0.15) is 0 Å². The molecule has 0 aliphatic heterocycles. The highest BCUT2D eigenvalue weighted by atomic mass is 16.5. The highest BCUT2D eigenvalue weighted by Crippen LogP contribution is 2.61. The summed E-state index contributed by atoms with van der Waals surface area (Å²) in [4.78, 5) is 27.0. The minimum absolute atomic E-state index is 0.00161. The molecule has 2 unspecified atom stereocenters. The van der Waals surface area contributed by atoms with E-state index in [1.54, 1.807) is 82.3 Å². The van der Waals surface area contributed by atoms with Crippen LogP contribution in [-0.2, 0) is 24.5 Å². The van der Waals surface area contributed by atoms with Crippen molar-refractivity contribution < 1.29 is 29.3 Å². The zero-order chi connectivity index (χ0) is 23.3. The monoisotopic (exact) mass is 434 g/mol. The van der Waals surface area contributed by atoms with Crippen LogP contribution < -0.4 is 0 Å². The lowest BCUT2D eigenvalue weighted by atomic mass is 9.50. The van der Waals surface area contributed by atoms with Crippen molar-refractivity contribution in [1.82, 2.24) is 0 Å². The fourth-order valence-electron chi connectivity index (χ4n) is 4.46. The van der Waals surface area contributed by atoms with Crippen molar-refractivity contribution in [2.45, 2.75) is 50.9 Å². The molecule has 0 heterocycles. The van der Waals surface area contributed by atoms with Crippen LogP contribution in [-0.4, -0.2) is 39.6 Å². The topological polar surface area (TPSA) is 93.1 Å². The van der Waals surface area contributed by atoms with E-state index < -0.39 is 34.4 Å². The molecule has 0 saturated heterocycles. The van der Waals surface area contributed by atoms with Crippen LogP contribution in [0, 0.1) is 0 Å². The number of carbonyl (C=O) groups excluding carboxylic acids is 2. The van der Waals surface area contributed by atoms with Crippen LogP contribution in [0.4, 0.5) is 0 Å². The van der Waals surface area contributed by atoms with E-state index in [4.69, 9.17) is 9.47 Å². The summed E-state index contributed by atoms with van der Waals surface area (Å²) in [5.41, 5.74) is -3.18. The number of Topliss-reactive ketones (excluding diaryl/α,β-unsaturated/α-hetero) is 2. The first-order valence-electron chi connectivity index (χ1n) is 10.6. The van der Waals surface area contributed by atoms with E-state index in [0.717, 1.165) is 0 Å². The summed E-state index contributed by atoms with van der Waals surface area (Å²) >= 11 is 0. The largest absolute Gasteiger partial charge is 0.502 e. The predicted molar refractivity (Wildman–Crippen MR) is 119 cm³/mol. The maximum Gasteiger partial charge on any atom is 0.222 e. The van der Waals surface area contributed by atoms with Crippen molar-refractivity contribution in [1.29, 1.82) is 0 Å². The number of aliphatic hydroxyl groups excluding tert-OH is 1. The van der Waals surface area contributed by atoms with E-state index in [2.05, 4.69) is 0 Å². The number of ether oxygens (including phenoxy) is 2. The lowest BCUT2D eigenvalue weighted by Gasteiger charge is -2.54. The second-order valence-electron chi connectivity index (χ2n) is 8.57. The van der Waals surface area contributed by atoms with Crippen LogP contribution in [0.2, 0.25) is 0 Å². The molecule has 6 heteroatoms. The Labute approximate surface area is 186 Å². The highest BCUT2D eigenvalue weighted by Gasteiger charge is 2.78. The van der Waals surface area contributed by atoms with E-state index in [-0.39, 0.29) is 23.2 Å². The third-order valence-corrected chi connectivity index (χ3v) is 5.74. The zero-order valence-corrected chi connectivity index (χ0v) is 18.5. The normalized spacial score (nSPS) is 25.2. The molecule has 2 atom stereocenters. The van der Waals surface area contributed by atoms with Crippen LogP contribution in [0.3, 0.4) is 0 Å². The van der Waals surface area contributed by atoms with Crippen molar-refractivity contribution in [3.8, 4) is 0 Å². The van der Waals surface area contributed by atoms with Crippen molar-refractivity contribution in [3.05, 3.63) is 89.1 Å². The van der Waals surface area contributed by atoms with E-state index in [9.17, 15) is 19.8 Å². The second-order valence-corrected chi connectivity index (χ2v) is 8.57. The minimum Gasteiger partial charge on any atom is -0.502 e. The van der Waals surface area contributed by atoms with E-state index >= 15 is 0 Å². The first kappa shape index (κ1) is 21.8. The molecule has 0 radical (unpaired) electrons. The van der Waals surface area contributed by atoms with Gasteiger partial charge in [-0.1, -0.05) is 60.7 Å². The van der Waals surface area contributed by atoms with Gasteiger partial charge in [0.25, 0.3) is 0 Å². The Morgan fingerprint density at radius 1 is 0.750 bits per heavy atom. The molecule has 6 nitrogen and oxygen atoms in total. The van der Waals surface area contributed by atoms with Gasteiger partial charge in [-0.3, -0.25) is 9.59 Å². The van der Waals surface area contributed by atoms with Gasteiger partial charge >= 0.3 is 0 Å². The van der Waals surface area contributed by atoms with Gasteiger partial charge in [0.2, 0.25) is 22.9 Å². The van der Waals surface area contributed by atoms with E-state index in [0.29, 0.717) is 11.1 Å². The molecule has 0 spiro atoms. The summed E-state index contributed by atoms with van der Waals surface area (Å²) in [6.07, 6.45) is -0.785. The van der Waals surface area contributed by atoms with Gasteiger partial charge in [0.1, 0.15) is 5.76 Å². The summed E-state index contributed by atoms with van der Waals surface area (Å²) in [5, 5.41) is 22.5. The first-order chi connectivity index (χ1) is 15.2. The van der Waals surface area contributed by atoms with Crippen molar-refractivity contribution in [2.75, 3.05) is 0 Å². The Morgan fingerprint density at radius 3 is 1.78 bits per heavy atom. The van der Waals surface area contributed by atoms with Crippen LogP contribution in [0.15, 0.2) is 77.9 Å². The highest BCUT2D eigenvalue weighted by molar-refractivity contribution is 6.37. The molecule has 0 aromatic heterocycles. The first-order valence-corrected chi connectivity index (χ1v) is 10.6. The number of rotatable bonds is 7. The molecule has 0 amide bonds. The molecule has 2 aromatic carbocycles. The fraction of sp³-hybridized carbons (Fsp3) is 0.308. The molecular formula is C26H26O6. The number of carbonyl (C=O) groups is 2. The molecule has 0 saturated carbocycles. The SMILES string of the molecule is CC(C)OC1=C(c2ccccc2)C(=O)C1(O)C1(c2ccccc2)C(=O)C(O)=C1OC(C)C. The molecule has 0 fully saturated rings. The summed E-state index contributed by atoms with van der Waals surface area (Å²) < 4.78 is 11.8. The van der Waals surface area contributed by atoms with Crippen molar-refractivity contribution in [2.24, 2.45) is 0 Å². The van der Waals surface area contributed by atoms with Crippen LogP contribution in [0.25, 0.3) is 5.57 Å². The molecule has 166 valence electrons. The van der Waals surface area contributed by atoms with Crippen LogP contribution in [0.1, 0.15) is 38.8 Å². The number of ketones is 2. The Morgan fingerprint density at radius 2 is 1.25 bits per heavy atom. The molecule has 0 bridgehead atoms. The zero-order valence-electron chi connectivity index (χ0n) is 18.5. The molecular weight excluding hydrogens is 408 g/mol. The number of hydrogen-bond acceptors (Lipinski definition) is 6. The number of aliphatic hydroxyl groups is 2. The predicted octanol–water partition coefficient (Wildman–Crippen LogP) is 3.85. The van der Waals surface area contributed by atoms with Crippen LogP contribution in [0.5, 0.6) is 0 Å². The summed E-state index contributed by atoms with van der Waals surface area (Å²) in [6, 6.07) is 17.3. The quantitative estimate of drug-likeness (QED) is 0.688. The number of benzene rings is 2. The lowest BCUT2D eigenvalue weighted by molar-refractivity contribution is -0.162. The van der Waals surface area contributed by atoms with Gasteiger partial charge in [0, 0.05) is 0 Å². The van der Waals surface area contributed by atoms with Gasteiger partial charge in [-0.25, -0.2) is 0 Å². The average molecular weight is 434 g/mol. The van der Waals surface area contributed by atoms with E-state index in [1.165, 1.54) is 0 Å². The van der Waals surface area contributed by atoms with Gasteiger partial charge in [0.05, 0.1) is 17.8 Å². The van der Waals surface area contributed by atoms with E-state index in [1.807, 2.05) is 6.07 Å². The Balaban J connectivity index is 2.01. The third-order valence-electron chi connectivity index (χ3n) is 5.74. The van der Waals surface area contributed by atoms with Gasteiger partial charge in [-0.05, 0) is 38.8 Å². The molecule has 2 aliphatic carbocycles. The minimum atomic E-state index is -2.36. The molecule has 32 heavy (non-hydrogen) atoms. The Kier molecular flexibility index (Phi) is 5.21. The number of hydrogen-bond donors (Lipinski definition) is 2. The van der Waals surface area contributed by atoms with Crippen molar-refractivity contribution in [3.63, 3.8) is 0 Å². The maximum absolute atomic E-state index is 13.7. The average Bonchev–Trinajstić information content (AvgIpc) is 2.79. The molecule has 2 aromatic rings. The standard InChI is InChI=1S/C26H26O6/c1-15(2)31-23-19(17-11-7-5-8-12-17)21(28)26(23,30)25(18-13-9-6-10-14-18)22(29)20(27)24(25)32-16(3)4/h5-16,27,30H,1-4H3. The van der Waals surface area contributed by atoms with Crippen molar-refractivity contribution >= 4 is 17.1 Å². The third kappa shape index (κ3) is 2.76. The Bertz CT molecular complexity index is 1130. The Hall–Kier alpha value is -3.38. The maximum atomic E-state index is 13.7. The van der Waals surface area contributed by atoms with Crippen LogP contribution >= 0.6 is 0 Å². The molecule has 4 rings (SSSR count). The summed E-state index contributed by atoms with van der Waals surface area (Å²) in [7, 11) is 0. The van der Waals surface area contributed by atoms with Gasteiger partial charge in [-0.15, -0.1) is 0 Å². The fourth-order valence-corrected chi connectivity index (χ4v) is 4.46.